The van der Waals surface area contributed by atoms with Crippen molar-refractivity contribution in [2.75, 3.05) is 6.61 Å². The van der Waals surface area contributed by atoms with E-state index in [9.17, 15) is 0 Å². The highest BCUT2D eigenvalue weighted by atomic mass is 16.5. The minimum Gasteiger partial charge on any atom is -0.375 e. The van der Waals surface area contributed by atoms with E-state index in [2.05, 4.69) is 13.8 Å². The zero-order valence-electron chi connectivity index (χ0n) is 5.42. The van der Waals surface area contributed by atoms with Gasteiger partial charge >= 0.3 is 0 Å². The minimum absolute atomic E-state index is 0.301. The fourth-order valence-electron chi connectivity index (χ4n) is 1.01. The average molecular weight is 115 g/mol. The lowest BCUT2D eigenvalue weighted by atomic mass is 9.96. The summed E-state index contributed by atoms with van der Waals surface area (Å²) in [6, 6.07) is 0.301. The summed E-state index contributed by atoms with van der Waals surface area (Å²) in [5.74, 6) is 0.582. The number of nitrogens with two attached hydrogens (primary N) is 1. The first-order valence-corrected chi connectivity index (χ1v) is 3.09. The monoisotopic (exact) mass is 115 g/mol. The van der Waals surface area contributed by atoms with Crippen molar-refractivity contribution in [3.05, 3.63) is 0 Å². The van der Waals surface area contributed by atoms with Crippen molar-refractivity contribution in [1.82, 2.24) is 0 Å². The van der Waals surface area contributed by atoms with Gasteiger partial charge in [-0.3, -0.25) is 0 Å². The Morgan fingerprint density at radius 2 is 2.25 bits per heavy atom. The Hall–Kier alpha value is -0.0800. The smallest absolute Gasteiger partial charge is 0.0772 e. The Morgan fingerprint density at radius 3 is 2.25 bits per heavy atom. The molecule has 0 aromatic rings. The Labute approximate surface area is 50.0 Å². The molecule has 2 nitrogen and oxygen atoms in total. The molecule has 48 valence electrons. The van der Waals surface area contributed by atoms with Crippen LogP contribution in [-0.2, 0) is 4.74 Å². The molecule has 1 saturated heterocycles. The van der Waals surface area contributed by atoms with Crippen LogP contribution >= 0.6 is 0 Å². The van der Waals surface area contributed by atoms with E-state index < -0.39 is 0 Å². The zero-order chi connectivity index (χ0) is 6.15. The van der Waals surface area contributed by atoms with Gasteiger partial charge in [-0.05, 0) is 5.92 Å². The first-order chi connectivity index (χ1) is 3.72. The van der Waals surface area contributed by atoms with E-state index >= 15 is 0 Å². The normalized spacial score (nSPS) is 37.5. The van der Waals surface area contributed by atoms with Gasteiger partial charge in [-0.15, -0.1) is 0 Å². The number of hydrogen-bond donors (Lipinski definition) is 1. The first kappa shape index (κ1) is 6.05. The maximum atomic E-state index is 5.60. The lowest BCUT2D eigenvalue weighted by Crippen LogP contribution is -2.53. The van der Waals surface area contributed by atoms with Gasteiger partial charge in [0.15, 0.2) is 0 Å². The largest absolute Gasteiger partial charge is 0.375 e. The predicted octanol–water partition coefficient (Wildman–Crippen LogP) is 0.369. The summed E-state index contributed by atoms with van der Waals surface area (Å²) in [7, 11) is 0. The molecule has 0 bridgehead atoms. The molecule has 2 heteroatoms. The van der Waals surface area contributed by atoms with Gasteiger partial charge in [-0.1, -0.05) is 13.8 Å². The van der Waals surface area contributed by atoms with E-state index in [4.69, 9.17) is 10.5 Å². The summed E-state index contributed by atoms with van der Waals surface area (Å²) in [5, 5.41) is 0. The van der Waals surface area contributed by atoms with E-state index in [-0.39, 0.29) is 0 Å². The summed E-state index contributed by atoms with van der Waals surface area (Å²) >= 11 is 0. The van der Waals surface area contributed by atoms with Gasteiger partial charge in [-0.2, -0.15) is 0 Å². The van der Waals surface area contributed by atoms with Crippen molar-refractivity contribution in [3.63, 3.8) is 0 Å². The lowest BCUT2D eigenvalue weighted by molar-refractivity contribution is -0.0969. The molecule has 0 aromatic carbocycles. The highest BCUT2D eigenvalue weighted by Crippen LogP contribution is 2.17. The van der Waals surface area contributed by atoms with Crippen molar-refractivity contribution in [2.24, 2.45) is 11.7 Å². The third-order valence-corrected chi connectivity index (χ3v) is 1.56. The van der Waals surface area contributed by atoms with Crippen LogP contribution in [0.5, 0.6) is 0 Å². The first-order valence-electron chi connectivity index (χ1n) is 3.09. The number of hydrogen-bond acceptors (Lipinski definition) is 2. The third kappa shape index (κ3) is 0.858. The molecule has 2 N–H and O–H groups in total. The molecule has 0 aliphatic carbocycles. The summed E-state index contributed by atoms with van der Waals surface area (Å²) in [5.41, 5.74) is 5.60. The second kappa shape index (κ2) is 2.03. The summed E-state index contributed by atoms with van der Waals surface area (Å²) in [6.45, 7) is 5.01. The van der Waals surface area contributed by atoms with Gasteiger partial charge in [0.05, 0.1) is 18.8 Å². The van der Waals surface area contributed by atoms with E-state index in [1.54, 1.807) is 0 Å². The van der Waals surface area contributed by atoms with Crippen LogP contribution in [0.25, 0.3) is 0 Å². The maximum absolute atomic E-state index is 5.60. The fraction of sp³-hybridized carbons (Fsp3) is 1.00. The molecule has 1 aliphatic rings. The van der Waals surface area contributed by atoms with Gasteiger partial charge < -0.3 is 10.5 Å². The fourth-order valence-corrected chi connectivity index (χ4v) is 1.01. The molecule has 2 atom stereocenters. The highest BCUT2D eigenvalue weighted by molar-refractivity contribution is 4.83. The van der Waals surface area contributed by atoms with E-state index in [1.165, 1.54) is 0 Å². The molecule has 1 fully saturated rings. The number of rotatable bonds is 1. The van der Waals surface area contributed by atoms with Crippen molar-refractivity contribution in [1.29, 1.82) is 0 Å². The van der Waals surface area contributed by atoms with Crippen LogP contribution in [0, 0.1) is 5.92 Å². The van der Waals surface area contributed by atoms with Crippen LogP contribution in [0.2, 0.25) is 0 Å². The molecule has 0 amide bonds. The Kier molecular flexibility index (Phi) is 1.54. The highest BCUT2D eigenvalue weighted by Gasteiger charge is 2.30. The summed E-state index contributed by atoms with van der Waals surface area (Å²) in [6.07, 6.45) is 0.329. The SMILES string of the molecule is CC(C)[C@@H]1OC[C@H]1N. The van der Waals surface area contributed by atoms with Crippen molar-refractivity contribution in [2.45, 2.75) is 26.0 Å². The molecule has 0 aromatic heterocycles. The van der Waals surface area contributed by atoms with Crippen LogP contribution in [0.1, 0.15) is 13.8 Å². The topological polar surface area (TPSA) is 35.2 Å². The average Bonchev–Trinajstić information content (AvgIpc) is 1.61. The lowest BCUT2D eigenvalue weighted by Gasteiger charge is -2.36. The van der Waals surface area contributed by atoms with Crippen LogP contribution in [-0.4, -0.2) is 18.8 Å². The molecule has 0 saturated carbocycles. The Balaban J connectivity index is 2.26. The van der Waals surface area contributed by atoms with Gasteiger partial charge in [0.2, 0.25) is 0 Å². The second-order valence-corrected chi connectivity index (χ2v) is 2.71. The Bertz CT molecular complexity index is 77.8. The quantitative estimate of drug-likeness (QED) is 0.536. The van der Waals surface area contributed by atoms with Crippen molar-refractivity contribution < 1.29 is 4.74 Å². The molecule has 1 rings (SSSR count). The predicted molar refractivity (Wildman–Crippen MR) is 32.6 cm³/mol. The van der Waals surface area contributed by atoms with E-state index in [1.807, 2.05) is 0 Å². The molecule has 1 heterocycles. The molecule has 0 unspecified atom stereocenters. The van der Waals surface area contributed by atoms with E-state index in [0.29, 0.717) is 18.1 Å². The van der Waals surface area contributed by atoms with Crippen molar-refractivity contribution in [3.8, 4) is 0 Å². The van der Waals surface area contributed by atoms with Crippen molar-refractivity contribution >= 4 is 0 Å². The van der Waals surface area contributed by atoms with Gasteiger partial charge in [0.1, 0.15) is 0 Å². The summed E-state index contributed by atoms with van der Waals surface area (Å²) in [4.78, 5) is 0. The van der Waals surface area contributed by atoms with Gasteiger partial charge in [0, 0.05) is 0 Å². The second-order valence-electron chi connectivity index (χ2n) is 2.71. The van der Waals surface area contributed by atoms with Crippen LogP contribution in [0.4, 0.5) is 0 Å². The molecule has 8 heavy (non-hydrogen) atoms. The third-order valence-electron chi connectivity index (χ3n) is 1.56. The molecular weight excluding hydrogens is 102 g/mol. The van der Waals surface area contributed by atoms with E-state index in [0.717, 1.165) is 6.61 Å². The Morgan fingerprint density at radius 1 is 1.62 bits per heavy atom. The standard InChI is InChI=1S/C6H13NO/c1-4(2)6-5(7)3-8-6/h4-6H,3,7H2,1-2H3/t5-,6+/m1/s1. The zero-order valence-corrected chi connectivity index (χ0v) is 5.42. The maximum Gasteiger partial charge on any atom is 0.0772 e. The minimum atomic E-state index is 0.301. The summed E-state index contributed by atoms with van der Waals surface area (Å²) < 4.78 is 5.18. The molecule has 1 aliphatic heterocycles. The molecule has 0 spiro atoms. The molecular formula is C6H13NO. The van der Waals surface area contributed by atoms with Gasteiger partial charge in [0.25, 0.3) is 0 Å². The van der Waals surface area contributed by atoms with Gasteiger partial charge in [-0.25, -0.2) is 0 Å². The molecule has 0 radical (unpaired) electrons. The van der Waals surface area contributed by atoms with Crippen LogP contribution in [0.15, 0.2) is 0 Å². The van der Waals surface area contributed by atoms with Crippen LogP contribution < -0.4 is 5.73 Å². The van der Waals surface area contributed by atoms with Crippen LogP contribution in [0.3, 0.4) is 0 Å². The number of ether oxygens (including phenoxy) is 1.